The molecule has 0 unspecified atom stereocenters. The molecule has 1 saturated heterocycles. The van der Waals surface area contributed by atoms with Crippen molar-refractivity contribution in [1.82, 2.24) is 5.06 Å². The Balaban J connectivity index is 1.69. The van der Waals surface area contributed by atoms with Crippen LogP contribution >= 0.6 is 0 Å². The summed E-state index contributed by atoms with van der Waals surface area (Å²) in [5.74, 6) is 0.645. The first kappa shape index (κ1) is 17.2. The van der Waals surface area contributed by atoms with Crippen molar-refractivity contribution in [3.05, 3.63) is 71.3 Å². The summed E-state index contributed by atoms with van der Waals surface area (Å²) in [6.45, 7) is 7.32. The van der Waals surface area contributed by atoms with Crippen LogP contribution in [-0.4, -0.2) is 24.8 Å². The molecule has 2 aromatic rings. The monoisotopic (exact) mass is 325 g/mol. The summed E-state index contributed by atoms with van der Waals surface area (Å²) in [7, 11) is 0. The fourth-order valence-corrected chi connectivity index (χ4v) is 3.17. The van der Waals surface area contributed by atoms with Crippen LogP contribution in [0.1, 0.15) is 36.6 Å². The number of hydrogen-bond donors (Lipinski definition) is 0. The van der Waals surface area contributed by atoms with E-state index >= 15 is 0 Å². The number of hydroxylamine groups is 2. The normalized spacial score (nSPS) is 18.9. The molecule has 128 valence electrons. The van der Waals surface area contributed by atoms with Gasteiger partial charge in [0, 0.05) is 6.54 Å². The molecule has 3 rings (SSSR count). The maximum absolute atomic E-state index is 6.21. The number of hydrogen-bond acceptors (Lipinski definition) is 3. The largest absolute Gasteiger partial charge is 0.378 e. The van der Waals surface area contributed by atoms with Gasteiger partial charge in [-0.2, -0.15) is 5.06 Å². The second-order valence-corrected chi connectivity index (χ2v) is 6.78. The molecular formula is C21H27NO2. The molecule has 1 atom stereocenters. The quantitative estimate of drug-likeness (QED) is 0.786. The Morgan fingerprint density at radius 1 is 1.04 bits per heavy atom. The fraction of sp³-hybridized carbons (Fsp3) is 0.429. The van der Waals surface area contributed by atoms with Crippen LogP contribution in [0, 0.1) is 5.92 Å². The lowest BCUT2D eigenvalue weighted by atomic mass is 9.98. The van der Waals surface area contributed by atoms with Crippen LogP contribution in [-0.2, 0) is 22.6 Å². The van der Waals surface area contributed by atoms with Crippen LogP contribution in [0.4, 0.5) is 0 Å². The lowest BCUT2D eigenvalue weighted by molar-refractivity contribution is -0.235. The van der Waals surface area contributed by atoms with Crippen LogP contribution in [0.5, 0.6) is 0 Å². The van der Waals surface area contributed by atoms with Crippen LogP contribution in [0.15, 0.2) is 54.6 Å². The molecule has 24 heavy (non-hydrogen) atoms. The van der Waals surface area contributed by atoms with Crippen molar-refractivity contribution in [2.45, 2.75) is 32.9 Å². The molecule has 1 aliphatic rings. The van der Waals surface area contributed by atoms with E-state index in [-0.39, 0.29) is 6.04 Å². The first-order valence-corrected chi connectivity index (χ1v) is 8.83. The zero-order valence-electron chi connectivity index (χ0n) is 14.7. The van der Waals surface area contributed by atoms with E-state index in [2.05, 4.69) is 67.4 Å². The van der Waals surface area contributed by atoms with Crippen molar-refractivity contribution in [2.24, 2.45) is 5.92 Å². The van der Waals surface area contributed by atoms with Gasteiger partial charge in [-0.25, -0.2) is 0 Å². The van der Waals surface area contributed by atoms with E-state index in [1.807, 2.05) is 6.07 Å². The summed E-state index contributed by atoms with van der Waals surface area (Å²) >= 11 is 0. The van der Waals surface area contributed by atoms with Crippen molar-refractivity contribution >= 4 is 0 Å². The molecule has 0 aromatic heterocycles. The van der Waals surface area contributed by atoms with Gasteiger partial charge in [0.05, 0.1) is 25.9 Å². The van der Waals surface area contributed by atoms with Crippen molar-refractivity contribution in [2.75, 3.05) is 19.8 Å². The third kappa shape index (κ3) is 4.44. The van der Waals surface area contributed by atoms with Gasteiger partial charge >= 0.3 is 0 Å². The first-order valence-electron chi connectivity index (χ1n) is 8.83. The predicted octanol–water partition coefficient (Wildman–Crippen LogP) is 4.39. The van der Waals surface area contributed by atoms with Crippen LogP contribution < -0.4 is 0 Å². The second kappa shape index (κ2) is 8.43. The molecule has 0 N–H and O–H groups in total. The minimum atomic E-state index is 0.164. The van der Waals surface area contributed by atoms with E-state index in [1.165, 1.54) is 16.7 Å². The molecule has 1 heterocycles. The average Bonchev–Trinajstić information content (AvgIpc) is 2.61. The van der Waals surface area contributed by atoms with Crippen molar-refractivity contribution in [3.63, 3.8) is 0 Å². The summed E-state index contributed by atoms with van der Waals surface area (Å²) in [5, 5.41) is 2.09. The molecule has 1 fully saturated rings. The molecule has 0 amide bonds. The van der Waals surface area contributed by atoms with Gasteiger partial charge < -0.3 is 4.74 Å². The van der Waals surface area contributed by atoms with Crippen molar-refractivity contribution < 1.29 is 9.57 Å². The molecule has 2 aromatic carbocycles. The molecule has 1 aliphatic heterocycles. The van der Waals surface area contributed by atoms with Gasteiger partial charge in [0.25, 0.3) is 0 Å². The Morgan fingerprint density at radius 2 is 1.75 bits per heavy atom. The number of ether oxygens (including phenoxy) is 1. The highest BCUT2D eigenvalue weighted by Crippen LogP contribution is 2.25. The highest BCUT2D eigenvalue weighted by molar-refractivity contribution is 5.27. The van der Waals surface area contributed by atoms with Gasteiger partial charge in [-0.1, -0.05) is 68.4 Å². The van der Waals surface area contributed by atoms with Gasteiger partial charge in [-0.15, -0.1) is 0 Å². The maximum Gasteiger partial charge on any atom is 0.0938 e. The van der Waals surface area contributed by atoms with Gasteiger partial charge in [0.1, 0.15) is 0 Å². The summed E-state index contributed by atoms with van der Waals surface area (Å²) in [5.41, 5.74) is 3.91. The van der Waals surface area contributed by atoms with E-state index in [0.717, 1.165) is 19.6 Å². The van der Waals surface area contributed by atoms with E-state index in [9.17, 15) is 0 Å². The molecule has 0 spiro atoms. The summed E-state index contributed by atoms with van der Waals surface area (Å²) in [4.78, 5) is 6.21. The van der Waals surface area contributed by atoms with Gasteiger partial charge in [-0.3, -0.25) is 4.84 Å². The fourth-order valence-electron chi connectivity index (χ4n) is 3.17. The molecular weight excluding hydrogens is 298 g/mol. The standard InChI is InChI=1S/C21H27NO2/c1-17(2)14-19-10-6-7-11-20(19)15-24-22-12-13-23-16-21(22)18-8-4-3-5-9-18/h3-11,17,21H,12-16H2,1-2H3/t21-/m1/s1. The highest BCUT2D eigenvalue weighted by Gasteiger charge is 2.25. The Hall–Kier alpha value is -1.68. The van der Waals surface area contributed by atoms with E-state index in [4.69, 9.17) is 9.57 Å². The molecule has 3 nitrogen and oxygen atoms in total. The number of benzene rings is 2. The third-order valence-corrected chi connectivity index (χ3v) is 4.40. The topological polar surface area (TPSA) is 21.7 Å². The number of nitrogens with zero attached hydrogens (tertiary/aromatic N) is 1. The summed E-state index contributed by atoms with van der Waals surface area (Å²) in [6, 6.07) is 19.2. The van der Waals surface area contributed by atoms with Gasteiger partial charge in [0.2, 0.25) is 0 Å². The van der Waals surface area contributed by atoms with Crippen LogP contribution in [0.2, 0.25) is 0 Å². The molecule has 0 bridgehead atoms. The lowest BCUT2D eigenvalue weighted by Gasteiger charge is -2.35. The Bertz CT molecular complexity index is 627. The maximum atomic E-state index is 6.21. The highest BCUT2D eigenvalue weighted by atomic mass is 16.7. The summed E-state index contributed by atoms with van der Waals surface area (Å²) in [6.07, 6.45) is 1.09. The smallest absolute Gasteiger partial charge is 0.0938 e. The average molecular weight is 325 g/mol. The molecule has 3 heteroatoms. The van der Waals surface area contributed by atoms with E-state index in [1.54, 1.807) is 0 Å². The minimum absolute atomic E-state index is 0.164. The molecule has 0 saturated carbocycles. The lowest BCUT2D eigenvalue weighted by Crippen LogP contribution is -2.39. The Morgan fingerprint density at radius 3 is 2.50 bits per heavy atom. The van der Waals surface area contributed by atoms with Gasteiger partial charge in [-0.05, 0) is 29.0 Å². The SMILES string of the molecule is CC(C)Cc1ccccc1CON1CCOC[C@@H]1c1ccccc1. The Kier molecular flexibility index (Phi) is 6.02. The first-order chi connectivity index (χ1) is 11.7. The zero-order chi connectivity index (χ0) is 16.8. The minimum Gasteiger partial charge on any atom is -0.378 e. The number of rotatable bonds is 6. The van der Waals surface area contributed by atoms with E-state index in [0.29, 0.717) is 19.1 Å². The summed E-state index contributed by atoms with van der Waals surface area (Å²) < 4.78 is 5.67. The second-order valence-electron chi connectivity index (χ2n) is 6.78. The molecule has 0 aliphatic carbocycles. The van der Waals surface area contributed by atoms with Crippen LogP contribution in [0.3, 0.4) is 0 Å². The van der Waals surface area contributed by atoms with Gasteiger partial charge in [0.15, 0.2) is 0 Å². The van der Waals surface area contributed by atoms with Crippen LogP contribution in [0.25, 0.3) is 0 Å². The zero-order valence-corrected chi connectivity index (χ0v) is 14.7. The van der Waals surface area contributed by atoms with Crippen molar-refractivity contribution in [1.29, 1.82) is 0 Å². The Labute approximate surface area is 145 Å². The predicted molar refractivity (Wildman–Crippen MR) is 96.5 cm³/mol. The van der Waals surface area contributed by atoms with Crippen molar-refractivity contribution in [3.8, 4) is 0 Å². The third-order valence-electron chi connectivity index (χ3n) is 4.40. The van der Waals surface area contributed by atoms with E-state index < -0.39 is 0 Å². The number of morpholine rings is 1. The molecule has 0 radical (unpaired) electrons.